The zero-order valence-electron chi connectivity index (χ0n) is 12.3. The van der Waals surface area contributed by atoms with Crippen molar-refractivity contribution >= 4 is 24.8 Å². The summed E-state index contributed by atoms with van der Waals surface area (Å²) in [5, 5.41) is 2.10. The summed E-state index contributed by atoms with van der Waals surface area (Å²) in [4.78, 5) is 11.5. The van der Waals surface area contributed by atoms with Gasteiger partial charge in [-0.05, 0) is 35.0 Å². The van der Waals surface area contributed by atoms with Gasteiger partial charge in [-0.2, -0.15) is 0 Å². The van der Waals surface area contributed by atoms with Crippen molar-refractivity contribution < 1.29 is 9.53 Å². The Hall–Kier alpha value is -2.05. The normalized spacial score (nSPS) is 10.8. The van der Waals surface area contributed by atoms with E-state index in [2.05, 4.69) is 37.2 Å². The predicted octanol–water partition coefficient (Wildman–Crippen LogP) is 3.86. The summed E-state index contributed by atoms with van der Waals surface area (Å²) in [5.41, 5.74) is 4.95. The first-order valence-corrected chi connectivity index (χ1v) is 10.0. The van der Waals surface area contributed by atoms with Gasteiger partial charge >= 0.3 is 5.97 Å². The number of carbonyl (C=O) groups is 1. The van der Waals surface area contributed by atoms with Crippen molar-refractivity contribution in [3.63, 3.8) is 0 Å². The van der Waals surface area contributed by atoms with Crippen LogP contribution in [-0.4, -0.2) is 21.2 Å². The molecule has 0 saturated heterocycles. The molecular formula is C17H18O2Si. The fraction of sp³-hybridized carbons (Fsp3) is 0.235. The molecule has 20 heavy (non-hydrogen) atoms. The van der Waals surface area contributed by atoms with E-state index in [-0.39, 0.29) is 5.97 Å². The molecule has 2 aromatic carbocycles. The molecular weight excluding hydrogens is 264 g/mol. The van der Waals surface area contributed by atoms with Crippen molar-refractivity contribution in [2.45, 2.75) is 19.6 Å². The van der Waals surface area contributed by atoms with Gasteiger partial charge in [0.15, 0.2) is 0 Å². The Bertz CT molecular complexity index is 715. The summed E-state index contributed by atoms with van der Waals surface area (Å²) < 4.78 is 4.73. The Morgan fingerprint density at radius 3 is 2.35 bits per heavy atom. The van der Waals surface area contributed by atoms with Crippen LogP contribution in [-0.2, 0) is 4.74 Å². The van der Waals surface area contributed by atoms with Crippen molar-refractivity contribution in [2.75, 3.05) is 7.11 Å². The lowest BCUT2D eigenvalue weighted by Gasteiger charge is -2.04. The fourth-order valence-electron chi connectivity index (χ4n) is 1.83. The summed E-state index contributed by atoms with van der Waals surface area (Å²) in [6.45, 7) is 6.68. The van der Waals surface area contributed by atoms with Gasteiger partial charge in [-0.15, -0.1) is 5.54 Å². The third kappa shape index (κ3) is 3.49. The number of esters is 1. The highest BCUT2D eigenvalue weighted by Crippen LogP contribution is 2.18. The molecule has 0 saturated carbocycles. The third-order valence-corrected chi connectivity index (χ3v) is 3.72. The minimum atomic E-state index is -1.36. The van der Waals surface area contributed by atoms with Gasteiger partial charge in [0.05, 0.1) is 12.7 Å². The van der Waals surface area contributed by atoms with Crippen LogP contribution >= 0.6 is 0 Å². The van der Waals surface area contributed by atoms with E-state index in [1.165, 1.54) is 7.11 Å². The van der Waals surface area contributed by atoms with Crippen LogP contribution in [0.4, 0.5) is 0 Å². The predicted molar refractivity (Wildman–Crippen MR) is 85.5 cm³/mol. The van der Waals surface area contributed by atoms with E-state index in [1.807, 2.05) is 24.3 Å². The number of hydrogen-bond donors (Lipinski definition) is 0. The summed E-state index contributed by atoms with van der Waals surface area (Å²) in [7, 11) is 0.0319. The highest BCUT2D eigenvalue weighted by Gasteiger charge is 2.08. The van der Waals surface area contributed by atoms with Crippen molar-refractivity contribution in [3.8, 4) is 11.5 Å². The van der Waals surface area contributed by atoms with Crippen LogP contribution < -0.4 is 0 Å². The van der Waals surface area contributed by atoms with Crippen LogP contribution in [0.3, 0.4) is 0 Å². The SMILES string of the molecule is COC(=O)c1ccc2cc(C#C[Si](C)(C)C)ccc2c1. The highest BCUT2D eigenvalue weighted by atomic mass is 28.3. The van der Waals surface area contributed by atoms with Crippen molar-refractivity contribution in [1.82, 2.24) is 0 Å². The molecule has 2 rings (SSSR count). The van der Waals surface area contributed by atoms with E-state index in [0.29, 0.717) is 5.56 Å². The third-order valence-electron chi connectivity index (χ3n) is 2.84. The summed E-state index contributed by atoms with van der Waals surface area (Å²) in [6, 6.07) is 11.6. The van der Waals surface area contributed by atoms with Gasteiger partial charge in [-0.1, -0.05) is 37.7 Å². The highest BCUT2D eigenvalue weighted by molar-refractivity contribution is 6.83. The average molecular weight is 282 g/mol. The molecule has 0 unspecified atom stereocenters. The minimum Gasteiger partial charge on any atom is -0.465 e. The lowest BCUT2D eigenvalue weighted by atomic mass is 10.0. The van der Waals surface area contributed by atoms with Crippen molar-refractivity contribution in [1.29, 1.82) is 0 Å². The molecule has 0 aromatic heterocycles. The van der Waals surface area contributed by atoms with E-state index in [1.54, 1.807) is 6.07 Å². The maximum atomic E-state index is 11.5. The van der Waals surface area contributed by atoms with Gasteiger partial charge < -0.3 is 4.74 Å². The maximum Gasteiger partial charge on any atom is 0.337 e. The Morgan fingerprint density at radius 2 is 1.70 bits per heavy atom. The molecule has 0 heterocycles. The standard InChI is InChI=1S/C17H18O2Si/c1-19-17(18)16-8-7-14-11-13(5-6-15(14)12-16)9-10-20(2,3)4/h5-8,11-12H,1-4H3. The number of ether oxygens (including phenoxy) is 1. The minimum absolute atomic E-state index is 0.311. The second-order valence-electron chi connectivity index (χ2n) is 5.77. The molecule has 0 aliphatic rings. The molecule has 0 aliphatic heterocycles. The number of methoxy groups -OCH3 is 1. The smallest absolute Gasteiger partial charge is 0.337 e. The number of benzene rings is 2. The Morgan fingerprint density at radius 1 is 1.05 bits per heavy atom. The fourth-order valence-corrected chi connectivity index (χ4v) is 2.35. The molecule has 0 radical (unpaired) electrons. The van der Waals surface area contributed by atoms with E-state index in [0.717, 1.165) is 16.3 Å². The molecule has 0 aliphatic carbocycles. The molecule has 2 nitrogen and oxygen atoms in total. The zero-order valence-corrected chi connectivity index (χ0v) is 13.3. The number of carbonyl (C=O) groups excluding carboxylic acids is 1. The lowest BCUT2D eigenvalue weighted by Crippen LogP contribution is -2.16. The van der Waals surface area contributed by atoms with Crippen LogP contribution in [0, 0.1) is 11.5 Å². The van der Waals surface area contributed by atoms with Crippen molar-refractivity contribution in [2.24, 2.45) is 0 Å². The Balaban J connectivity index is 2.41. The molecule has 2 aromatic rings. The van der Waals surface area contributed by atoms with Crippen LogP contribution in [0.1, 0.15) is 15.9 Å². The van der Waals surface area contributed by atoms with Gasteiger partial charge in [-0.25, -0.2) is 4.79 Å². The summed E-state index contributed by atoms with van der Waals surface area (Å²) >= 11 is 0. The number of rotatable bonds is 1. The largest absolute Gasteiger partial charge is 0.465 e. The molecule has 0 atom stereocenters. The first-order valence-electron chi connectivity index (χ1n) is 6.54. The second kappa shape index (κ2) is 5.52. The molecule has 102 valence electrons. The van der Waals surface area contributed by atoms with Crippen molar-refractivity contribution in [3.05, 3.63) is 47.5 Å². The molecule has 0 N–H and O–H groups in total. The van der Waals surface area contributed by atoms with Gasteiger partial charge in [0.1, 0.15) is 8.07 Å². The van der Waals surface area contributed by atoms with E-state index in [9.17, 15) is 4.79 Å². The van der Waals surface area contributed by atoms with Gasteiger partial charge in [0.25, 0.3) is 0 Å². The Labute approximate surface area is 120 Å². The van der Waals surface area contributed by atoms with Gasteiger partial charge in [-0.3, -0.25) is 0 Å². The zero-order chi connectivity index (χ0) is 14.8. The second-order valence-corrected chi connectivity index (χ2v) is 10.5. The summed E-state index contributed by atoms with van der Waals surface area (Å²) in [6.07, 6.45) is 0. The topological polar surface area (TPSA) is 26.3 Å². The first-order chi connectivity index (χ1) is 9.39. The van der Waals surface area contributed by atoms with Crippen LogP contribution in [0.2, 0.25) is 19.6 Å². The summed E-state index contributed by atoms with van der Waals surface area (Å²) in [5.74, 6) is 2.93. The van der Waals surface area contributed by atoms with Gasteiger partial charge in [0, 0.05) is 5.56 Å². The molecule has 0 fully saturated rings. The maximum absolute atomic E-state index is 11.5. The van der Waals surface area contributed by atoms with Crippen LogP contribution in [0.15, 0.2) is 36.4 Å². The molecule has 0 spiro atoms. The van der Waals surface area contributed by atoms with E-state index in [4.69, 9.17) is 4.74 Å². The molecule has 3 heteroatoms. The first kappa shape index (κ1) is 14.4. The molecule has 0 amide bonds. The van der Waals surface area contributed by atoms with Crippen LogP contribution in [0.25, 0.3) is 10.8 Å². The van der Waals surface area contributed by atoms with Crippen LogP contribution in [0.5, 0.6) is 0 Å². The van der Waals surface area contributed by atoms with E-state index >= 15 is 0 Å². The number of fused-ring (bicyclic) bond motifs is 1. The lowest BCUT2D eigenvalue weighted by molar-refractivity contribution is 0.0601. The Kier molecular flexibility index (Phi) is 3.96. The van der Waals surface area contributed by atoms with E-state index < -0.39 is 8.07 Å². The number of hydrogen-bond acceptors (Lipinski definition) is 2. The monoisotopic (exact) mass is 282 g/mol. The molecule has 0 bridgehead atoms. The quantitative estimate of drug-likeness (QED) is 0.451. The average Bonchev–Trinajstić information content (AvgIpc) is 2.42. The van der Waals surface area contributed by atoms with Gasteiger partial charge in [0.2, 0.25) is 0 Å².